The first-order valence-electron chi connectivity index (χ1n) is 6.36. The van der Waals surface area contributed by atoms with Gasteiger partial charge in [-0.05, 0) is 48.9 Å². The van der Waals surface area contributed by atoms with Crippen LogP contribution in [0.3, 0.4) is 0 Å². The third-order valence-corrected chi connectivity index (χ3v) is 3.56. The highest BCUT2D eigenvalue weighted by molar-refractivity contribution is 6.20. The summed E-state index contributed by atoms with van der Waals surface area (Å²) in [5.74, 6) is 2.17. The second kappa shape index (κ2) is 6.89. The van der Waals surface area contributed by atoms with Gasteiger partial charge in [0.05, 0.1) is 19.6 Å². The van der Waals surface area contributed by atoms with Crippen LogP contribution < -0.4 is 9.47 Å². The molecule has 0 aromatic heterocycles. The van der Waals surface area contributed by atoms with Gasteiger partial charge in [0, 0.05) is 0 Å². The Labute approximate surface area is 115 Å². The van der Waals surface area contributed by atoms with E-state index in [1.165, 1.54) is 0 Å². The molecule has 0 N–H and O–H groups in total. The number of alkyl halides is 1. The van der Waals surface area contributed by atoms with Crippen LogP contribution >= 0.6 is 11.6 Å². The van der Waals surface area contributed by atoms with E-state index in [4.69, 9.17) is 21.1 Å². The summed E-state index contributed by atoms with van der Waals surface area (Å²) < 4.78 is 10.6. The molecule has 0 bridgehead atoms. The largest absolute Gasteiger partial charge is 0.493 e. The van der Waals surface area contributed by atoms with Gasteiger partial charge in [-0.25, -0.2) is 0 Å². The molecule has 1 unspecified atom stereocenters. The van der Waals surface area contributed by atoms with Gasteiger partial charge < -0.3 is 9.47 Å². The molecule has 3 heteroatoms. The lowest BCUT2D eigenvalue weighted by Crippen LogP contribution is -2.00. The Hall–Kier alpha value is -0.890. The summed E-state index contributed by atoms with van der Waals surface area (Å²) in [6.07, 6.45) is 2.11. The van der Waals surface area contributed by atoms with Crippen LogP contribution in [0.4, 0.5) is 0 Å². The topological polar surface area (TPSA) is 18.5 Å². The predicted molar refractivity (Wildman–Crippen MR) is 76.9 cm³/mol. The highest BCUT2D eigenvalue weighted by Crippen LogP contribution is 2.37. The molecule has 0 fully saturated rings. The number of hydrogen-bond donors (Lipinski definition) is 0. The number of ether oxygens (including phenoxy) is 2. The van der Waals surface area contributed by atoms with Crippen LogP contribution in [0, 0.1) is 12.8 Å². The maximum atomic E-state index is 6.48. The molecular weight excluding hydrogens is 248 g/mol. The van der Waals surface area contributed by atoms with Crippen LogP contribution in [-0.4, -0.2) is 14.2 Å². The number of benzene rings is 1. The molecule has 0 amide bonds. The van der Waals surface area contributed by atoms with Gasteiger partial charge in [-0.3, -0.25) is 0 Å². The number of hydrogen-bond acceptors (Lipinski definition) is 2. The van der Waals surface area contributed by atoms with Gasteiger partial charge in [-0.15, -0.1) is 11.6 Å². The minimum absolute atomic E-state index is 0.0345. The van der Waals surface area contributed by atoms with E-state index in [2.05, 4.69) is 20.8 Å². The van der Waals surface area contributed by atoms with E-state index in [1.54, 1.807) is 14.2 Å². The summed E-state index contributed by atoms with van der Waals surface area (Å²) in [6.45, 7) is 6.48. The summed E-state index contributed by atoms with van der Waals surface area (Å²) in [5, 5.41) is 0.0345. The van der Waals surface area contributed by atoms with Gasteiger partial charge in [-0.2, -0.15) is 0 Å². The Morgan fingerprint density at radius 3 is 2.11 bits per heavy atom. The molecule has 0 radical (unpaired) electrons. The normalized spacial score (nSPS) is 12.6. The lowest BCUT2D eigenvalue weighted by atomic mass is 9.98. The molecule has 0 saturated carbocycles. The number of methoxy groups -OCH3 is 2. The average molecular weight is 271 g/mol. The maximum absolute atomic E-state index is 6.48. The van der Waals surface area contributed by atoms with Crippen LogP contribution in [0.1, 0.15) is 43.2 Å². The number of aryl methyl sites for hydroxylation is 1. The SMILES string of the molecule is COc1cc(C)c(C(Cl)CCC(C)C)cc1OC. The van der Waals surface area contributed by atoms with Crippen molar-refractivity contribution in [2.75, 3.05) is 14.2 Å². The first-order valence-corrected chi connectivity index (χ1v) is 6.79. The lowest BCUT2D eigenvalue weighted by Gasteiger charge is -2.17. The molecule has 2 nitrogen and oxygen atoms in total. The quantitative estimate of drug-likeness (QED) is 0.696. The monoisotopic (exact) mass is 270 g/mol. The van der Waals surface area contributed by atoms with Crippen LogP contribution in [0.25, 0.3) is 0 Å². The third-order valence-electron chi connectivity index (χ3n) is 3.11. The molecule has 0 heterocycles. The van der Waals surface area contributed by atoms with E-state index < -0.39 is 0 Å². The summed E-state index contributed by atoms with van der Waals surface area (Å²) in [4.78, 5) is 0. The van der Waals surface area contributed by atoms with Gasteiger partial charge in [0.15, 0.2) is 11.5 Å². The van der Waals surface area contributed by atoms with E-state index in [9.17, 15) is 0 Å². The Morgan fingerprint density at radius 1 is 1.06 bits per heavy atom. The summed E-state index contributed by atoms with van der Waals surface area (Å²) in [5.41, 5.74) is 2.28. The van der Waals surface area contributed by atoms with Crippen molar-refractivity contribution in [3.05, 3.63) is 23.3 Å². The van der Waals surface area contributed by atoms with Crippen molar-refractivity contribution in [1.82, 2.24) is 0 Å². The second-order valence-corrected chi connectivity index (χ2v) is 5.53. The van der Waals surface area contributed by atoms with Crippen LogP contribution in [0.2, 0.25) is 0 Å². The minimum atomic E-state index is 0.0345. The molecule has 1 rings (SSSR count). The van der Waals surface area contributed by atoms with Crippen LogP contribution in [0.15, 0.2) is 12.1 Å². The standard InChI is InChI=1S/C15H23ClO2/c1-10(2)6-7-13(16)12-9-15(18-5)14(17-4)8-11(12)3/h8-10,13H,6-7H2,1-5H3. The lowest BCUT2D eigenvalue weighted by molar-refractivity contribution is 0.354. The van der Waals surface area contributed by atoms with Crippen LogP contribution in [0.5, 0.6) is 11.5 Å². The summed E-state index contributed by atoms with van der Waals surface area (Å²) >= 11 is 6.48. The fourth-order valence-electron chi connectivity index (χ4n) is 1.97. The van der Waals surface area contributed by atoms with E-state index in [1.807, 2.05) is 12.1 Å². The molecule has 1 aromatic carbocycles. The average Bonchev–Trinajstić information content (AvgIpc) is 2.35. The molecule has 102 valence electrons. The molecule has 0 saturated heterocycles. The summed E-state index contributed by atoms with van der Waals surface area (Å²) in [7, 11) is 3.29. The van der Waals surface area contributed by atoms with Crippen molar-refractivity contribution in [2.45, 2.75) is 39.0 Å². The molecular formula is C15H23ClO2. The van der Waals surface area contributed by atoms with Crippen molar-refractivity contribution < 1.29 is 9.47 Å². The van der Waals surface area contributed by atoms with Gasteiger partial charge in [-0.1, -0.05) is 13.8 Å². The number of halogens is 1. The molecule has 18 heavy (non-hydrogen) atoms. The molecule has 0 spiro atoms. The van der Waals surface area contributed by atoms with E-state index >= 15 is 0 Å². The minimum Gasteiger partial charge on any atom is -0.493 e. The molecule has 0 aliphatic heterocycles. The predicted octanol–water partition coefficient (Wildman–Crippen LogP) is 4.73. The van der Waals surface area contributed by atoms with Crippen molar-refractivity contribution in [3.8, 4) is 11.5 Å². The highest BCUT2D eigenvalue weighted by atomic mass is 35.5. The Bertz CT molecular complexity index is 388. The molecule has 0 aliphatic carbocycles. The van der Waals surface area contributed by atoms with E-state index in [0.717, 1.165) is 35.5 Å². The van der Waals surface area contributed by atoms with Crippen molar-refractivity contribution >= 4 is 11.6 Å². The van der Waals surface area contributed by atoms with Gasteiger partial charge >= 0.3 is 0 Å². The Kier molecular flexibility index (Phi) is 5.80. The Balaban J connectivity index is 2.94. The second-order valence-electron chi connectivity index (χ2n) is 5.00. The number of rotatable bonds is 6. The highest BCUT2D eigenvalue weighted by Gasteiger charge is 2.15. The van der Waals surface area contributed by atoms with E-state index in [-0.39, 0.29) is 5.38 Å². The molecule has 0 aliphatic rings. The zero-order chi connectivity index (χ0) is 13.7. The summed E-state index contributed by atoms with van der Waals surface area (Å²) in [6, 6.07) is 3.98. The zero-order valence-corrected chi connectivity index (χ0v) is 12.7. The first kappa shape index (κ1) is 15.2. The first-order chi connectivity index (χ1) is 8.49. The van der Waals surface area contributed by atoms with Crippen molar-refractivity contribution in [1.29, 1.82) is 0 Å². The van der Waals surface area contributed by atoms with Crippen molar-refractivity contribution in [2.24, 2.45) is 5.92 Å². The fourth-order valence-corrected chi connectivity index (χ4v) is 2.33. The van der Waals surface area contributed by atoms with Gasteiger partial charge in [0.2, 0.25) is 0 Å². The molecule has 1 atom stereocenters. The van der Waals surface area contributed by atoms with Gasteiger partial charge in [0.25, 0.3) is 0 Å². The van der Waals surface area contributed by atoms with E-state index in [0.29, 0.717) is 5.92 Å². The van der Waals surface area contributed by atoms with Crippen molar-refractivity contribution in [3.63, 3.8) is 0 Å². The third kappa shape index (κ3) is 3.81. The maximum Gasteiger partial charge on any atom is 0.161 e. The fraction of sp³-hybridized carbons (Fsp3) is 0.600. The smallest absolute Gasteiger partial charge is 0.161 e. The Morgan fingerprint density at radius 2 is 1.61 bits per heavy atom. The molecule has 1 aromatic rings. The van der Waals surface area contributed by atoms with Crippen LogP contribution in [-0.2, 0) is 0 Å². The zero-order valence-electron chi connectivity index (χ0n) is 11.9. The van der Waals surface area contributed by atoms with Gasteiger partial charge in [0.1, 0.15) is 0 Å².